The van der Waals surface area contributed by atoms with Crippen molar-refractivity contribution in [2.75, 3.05) is 39.0 Å². The fourth-order valence-electron chi connectivity index (χ4n) is 3.40. The van der Waals surface area contributed by atoms with E-state index < -0.39 is 10.0 Å². The maximum Gasteiger partial charge on any atom is 0.208 e. The van der Waals surface area contributed by atoms with Crippen LogP contribution in [0, 0.1) is 5.92 Å². The fourth-order valence-corrected chi connectivity index (χ4v) is 3.87. The molecule has 1 unspecified atom stereocenters. The second kappa shape index (κ2) is 7.02. The first-order valence-electron chi connectivity index (χ1n) is 7.46. The topological polar surface area (TPSA) is 61.4 Å². The summed E-state index contributed by atoms with van der Waals surface area (Å²) in [7, 11) is -3.06. The SMILES string of the molecule is CS(=O)(=O)NCCN1CCNCC1C1CCCCC1. The lowest BCUT2D eigenvalue weighted by molar-refractivity contribution is 0.0947. The van der Waals surface area contributed by atoms with Gasteiger partial charge in [0.05, 0.1) is 6.26 Å². The monoisotopic (exact) mass is 289 g/mol. The lowest BCUT2D eigenvalue weighted by Crippen LogP contribution is -2.56. The van der Waals surface area contributed by atoms with Crippen molar-refractivity contribution in [2.24, 2.45) is 5.92 Å². The van der Waals surface area contributed by atoms with Crippen molar-refractivity contribution in [2.45, 2.75) is 38.1 Å². The summed E-state index contributed by atoms with van der Waals surface area (Å²) >= 11 is 0. The van der Waals surface area contributed by atoms with Crippen LogP contribution in [0.3, 0.4) is 0 Å². The largest absolute Gasteiger partial charge is 0.314 e. The maximum atomic E-state index is 11.1. The molecule has 0 aromatic carbocycles. The average molecular weight is 289 g/mol. The molecule has 2 fully saturated rings. The molecular formula is C13H27N3O2S. The molecule has 1 aliphatic heterocycles. The Balaban J connectivity index is 1.84. The van der Waals surface area contributed by atoms with Crippen molar-refractivity contribution < 1.29 is 8.42 Å². The molecule has 0 radical (unpaired) electrons. The van der Waals surface area contributed by atoms with E-state index in [2.05, 4.69) is 14.9 Å². The van der Waals surface area contributed by atoms with Crippen molar-refractivity contribution in [3.8, 4) is 0 Å². The number of hydrogen-bond donors (Lipinski definition) is 2. The summed E-state index contributed by atoms with van der Waals surface area (Å²) in [6.45, 7) is 4.47. The first-order chi connectivity index (χ1) is 9.06. The Labute approximate surface area is 117 Å². The van der Waals surface area contributed by atoms with E-state index in [1.165, 1.54) is 38.4 Å². The van der Waals surface area contributed by atoms with E-state index in [1.54, 1.807) is 0 Å². The minimum Gasteiger partial charge on any atom is -0.314 e. The Kier molecular flexibility index (Phi) is 5.62. The normalized spacial score (nSPS) is 27.5. The van der Waals surface area contributed by atoms with E-state index in [9.17, 15) is 8.42 Å². The lowest BCUT2D eigenvalue weighted by atomic mass is 9.82. The van der Waals surface area contributed by atoms with Crippen LogP contribution in [0.25, 0.3) is 0 Å². The number of sulfonamides is 1. The first-order valence-corrected chi connectivity index (χ1v) is 9.35. The van der Waals surface area contributed by atoms with Gasteiger partial charge >= 0.3 is 0 Å². The zero-order chi connectivity index (χ0) is 13.7. The lowest BCUT2D eigenvalue weighted by Gasteiger charge is -2.42. The predicted molar refractivity (Wildman–Crippen MR) is 77.7 cm³/mol. The molecule has 0 amide bonds. The molecule has 19 heavy (non-hydrogen) atoms. The van der Waals surface area contributed by atoms with Gasteiger partial charge in [-0.05, 0) is 18.8 Å². The van der Waals surface area contributed by atoms with Gasteiger partial charge in [-0.1, -0.05) is 19.3 Å². The Hall–Kier alpha value is -0.170. The van der Waals surface area contributed by atoms with E-state index in [4.69, 9.17) is 0 Å². The van der Waals surface area contributed by atoms with Crippen molar-refractivity contribution in [1.82, 2.24) is 14.9 Å². The number of piperazine rings is 1. The third-order valence-corrected chi connectivity index (χ3v) is 5.08. The third kappa shape index (κ3) is 5.02. The zero-order valence-electron chi connectivity index (χ0n) is 11.9. The molecule has 0 bridgehead atoms. The second-order valence-corrected chi connectivity index (χ2v) is 7.71. The minimum absolute atomic E-state index is 0.530. The van der Waals surface area contributed by atoms with Gasteiger partial charge in [0.25, 0.3) is 0 Å². The highest BCUT2D eigenvalue weighted by atomic mass is 32.2. The summed E-state index contributed by atoms with van der Waals surface area (Å²) in [5.74, 6) is 0.791. The zero-order valence-corrected chi connectivity index (χ0v) is 12.7. The van der Waals surface area contributed by atoms with Crippen LogP contribution in [-0.2, 0) is 10.0 Å². The van der Waals surface area contributed by atoms with E-state index in [1.807, 2.05) is 0 Å². The number of hydrogen-bond acceptors (Lipinski definition) is 4. The van der Waals surface area contributed by atoms with E-state index in [0.717, 1.165) is 32.1 Å². The van der Waals surface area contributed by atoms with Gasteiger partial charge in [-0.3, -0.25) is 4.90 Å². The molecule has 1 saturated heterocycles. The minimum atomic E-state index is -3.06. The van der Waals surface area contributed by atoms with Crippen LogP contribution in [0.4, 0.5) is 0 Å². The molecule has 0 spiro atoms. The second-order valence-electron chi connectivity index (χ2n) is 5.87. The summed E-state index contributed by atoms with van der Waals surface area (Å²) in [5, 5.41) is 3.49. The molecular weight excluding hydrogens is 262 g/mol. The Morgan fingerprint density at radius 1 is 1.26 bits per heavy atom. The number of rotatable bonds is 5. The van der Waals surface area contributed by atoms with Gasteiger partial charge in [0.15, 0.2) is 0 Å². The highest BCUT2D eigenvalue weighted by Crippen LogP contribution is 2.29. The quantitative estimate of drug-likeness (QED) is 0.769. The van der Waals surface area contributed by atoms with Crippen LogP contribution in [0.5, 0.6) is 0 Å². The van der Waals surface area contributed by atoms with Gasteiger partial charge in [0.1, 0.15) is 0 Å². The van der Waals surface area contributed by atoms with Crippen LogP contribution >= 0.6 is 0 Å². The Morgan fingerprint density at radius 2 is 2.00 bits per heavy atom. The molecule has 2 rings (SSSR count). The molecule has 2 N–H and O–H groups in total. The summed E-state index contributed by atoms with van der Waals surface area (Å²) < 4.78 is 24.8. The molecule has 5 nitrogen and oxygen atoms in total. The van der Waals surface area contributed by atoms with Gasteiger partial charge < -0.3 is 5.32 Å². The molecule has 0 aromatic heterocycles. The number of nitrogens with one attached hydrogen (secondary N) is 2. The van der Waals surface area contributed by atoms with Crippen LogP contribution in [0.2, 0.25) is 0 Å². The van der Waals surface area contributed by atoms with Gasteiger partial charge in [-0.2, -0.15) is 0 Å². The smallest absolute Gasteiger partial charge is 0.208 e. The van der Waals surface area contributed by atoms with Crippen LogP contribution < -0.4 is 10.0 Å². The Morgan fingerprint density at radius 3 is 2.68 bits per heavy atom. The summed E-state index contributed by atoms with van der Waals surface area (Å²) in [6.07, 6.45) is 7.99. The maximum absolute atomic E-state index is 11.1. The summed E-state index contributed by atoms with van der Waals surface area (Å²) in [6, 6.07) is 0.593. The Bertz CT molecular complexity index is 366. The predicted octanol–water partition coefficient (Wildman–Crippen LogP) is 0.390. The molecule has 0 aromatic rings. The van der Waals surface area contributed by atoms with E-state index in [-0.39, 0.29) is 0 Å². The molecule has 1 heterocycles. The standard InChI is InChI=1S/C13H27N3O2S/c1-19(17,18)15-8-10-16-9-7-14-11-13(16)12-5-3-2-4-6-12/h12-15H,2-11H2,1H3. The first kappa shape index (κ1) is 15.2. The van der Waals surface area contributed by atoms with Gasteiger partial charge in [-0.15, -0.1) is 0 Å². The van der Waals surface area contributed by atoms with Crippen molar-refractivity contribution in [3.63, 3.8) is 0 Å². The van der Waals surface area contributed by atoms with Gasteiger partial charge in [0.2, 0.25) is 10.0 Å². The van der Waals surface area contributed by atoms with Crippen LogP contribution in [-0.4, -0.2) is 58.3 Å². The average Bonchev–Trinajstić information content (AvgIpc) is 2.39. The van der Waals surface area contributed by atoms with Crippen molar-refractivity contribution >= 4 is 10.0 Å². The van der Waals surface area contributed by atoms with Gasteiger partial charge in [-0.25, -0.2) is 13.1 Å². The van der Waals surface area contributed by atoms with Crippen LogP contribution in [0.15, 0.2) is 0 Å². The molecule has 1 saturated carbocycles. The highest BCUT2D eigenvalue weighted by Gasteiger charge is 2.30. The summed E-state index contributed by atoms with van der Waals surface area (Å²) in [5.41, 5.74) is 0. The molecule has 2 aliphatic rings. The van der Waals surface area contributed by atoms with E-state index >= 15 is 0 Å². The van der Waals surface area contributed by atoms with Crippen molar-refractivity contribution in [1.29, 1.82) is 0 Å². The van der Waals surface area contributed by atoms with E-state index in [0.29, 0.717) is 12.6 Å². The molecule has 6 heteroatoms. The molecule has 1 atom stereocenters. The number of nitrogens with zero attached hydrogens (tertiary/aromatic N) is 1. The third-order valence-electron chi connectivity index (χ3n) is 4.36. The fraction of sp³-hybridized carbons (Fsp3) is 1.00. The molecule has 112 valence electrons. The molecule has 1 aliphatic carbocycles. The van der Waals surface area contributed by atoms with Crippen LogP contribution in [0.1, 0.15) is 32.1 Å². The highest BCUT2D eigenvalue weighted by molar-refractivity contribution is 7.88. The summed E-state index contributed by atoms with van der Waals surface area (Å²) in [4.78, 5) is 2.48. The van der Waals surface area contributed by atoms with Gasteiger partial charge in [0, 0.05) is 38.8 Å². The van der Waals surface area contributed by atoms with Crippen molar-refractivity contribution in [3.05, 3.63) is 0 Å².